The highest BCUT2D eigenvalue weighted by molar-refractivity contribution is 7.98. The van der Waals surface area contributed by atoms with Crippen LogP contribution in [0.1, 0.15) is 0 Å². The largest absolute Gasteiger partial charge is 0.329 e. The van der Waals surface area contributed by atoms with Gasteiger partial charge in [-0.3, -0.25) is 0 Å². The van der Waals surface area contributed by atoms with Crippen molar-refractivity contribution in [3.05, 3.63) is 11.0 Å². The minimum Gasteiger partial charge on any atom is -0.329 e. The molecule has 4 nitrogen and oxygen atoms in total. The first-order valence-corrected chi connectivity index (χ1v) is 4.92. The number of thioether (sulfide) groups is 1. The maximum Gasteiger partial charge on any atom is 0.167 e. The van der Waals surface area contributed by atoms with Gasteiger partial charge >= 0.3 is 0 Å². The highest BCUT2D eigenvalue weighted by Crippen LogP contribution is 2.14. The SMILES string of the molecule is CSc1nc2[nH]cnc(=S)c2[nH]1. The summed E-state index contributed by atoms with van der Waals surface area (Å²) in [7, 11) is 0. The Morgan fingerprint density at radius 1 is 1.58 bits per heavy atom. The first kappa shape index (κ1) is 7.75. The monoisotopic (exact) mass is 198 g/mol. The fraction of sp³-hybridized carbons (Fsp3) is 0.167. The summed E-state index contributed by atoms with van der Waals surface area (Å²) in [5.74, 6) is 0. The van der Waals surface area contributed by atoms with Crippen molar-refractivity contribution in [3.8, 4) is 0 Å². The summed E-state index contributed by atoms with van der Waals surface area (Å²) in [6.45, 7) is 0. The minimum absolute atomic E-state index is 0.552. The summed E-state index contributed by atoms with van der Waals surface area (Å²) < 4.78 is 0.552. The third-order valence-electron chi connectivity index (χ3n) is 1.47. The highest BCUT2D eigenvalue weighted by Gasteiger charge is 2.02. The van der Waals surface area contributed by atoms with Crippen LogP contribution < -0.4 is 0 Å². The fourth-order valence-electron chi connectivity index (χ4n) is 0.924. The van der Waals surface area contributed by atoms with Gasteiger partial charge in [0.15, 0.2) is 15.4 Å². The van der Waals surface area contributed by atoms with Crippen LogP contribution in [-0.4, -0.2) is 26.2 Å². The first-order valence-electron chi connectivity index (χ1n) is 3.28. The Morgan fingerprint density at radius 2 is 2.42 bits per heavy atom. The van der Waals surface area contributed by atoms with Crippen LogP contribution in [0.3, 0.4) is 0 Å². The molecule has 0 aromatic carbocycles. The predicted molar refractivity (Wildman–Crippen MR) is 50.9 cm³/mol. The maximum atomic E-state index is 5.00. The van der Waals surface area contributed by atoms with Gasteiger partial charge in [0.2, 0.25) is 0 Å². The average Bonchev–Trinajstić information content (AvgIpc) is 2.49. The smallest absolute Gasteiger partial charge is 0.167 e. The van der Waals surface area contributed by atoms with E-state index in [9.17, 15) is 0 Å². The molecule has 0 atom stereocenters. The Morgan fingerprint density at radius 3 is 3.08 bits per heavy atom. The molecule has 2 aromatic heterocycles. The Hall–Kier alpha value is -0.880. The normalized spacial score (nSPS) is 10.8. The molecule has 0 spiro atoms. The molecule has 6 heteroatoms. The summed E-state index contributed by atoms with van der Waals surface area (Å²) in [5, 5.41) is 0.848. The third kappa shape index (κ3) is 1.12. The second-order valence-electron chi connectivity index (χ2n) is 2.18. The Balaban J connectivity index is 2.83. The summed E-state index contributed by atoms with van der Waals surface area (Å²) in [6.07, 6.45) is 3.50. The van der Waals surface area contributed by atoms with Crippen molar-refractivity contribution in [3.63, 3.8) is 0 Å². The lowest BCUT2D eigenvalue weighted by atomic mass is 10.6. The number of aromatic nitrogens is 4. The first-order chi connectivity index (χ1) is 5.81. The number of imidazole rings is 1. The van der Waals surface area contributed by atoms with Gasteiger partial charge in [0.05, 0.1) is 6.33 Å². The second kappa shape index (κ2) is 2.87. The standard InChI is InChI=1S/C6H6N4S2/c1-12-6-9-3-4(10-6)7-2-8-5(3)11/h2H,1H3,(H2,7,8,9,10,11). The molecule has 0 saturated heterocycles. The van der Waals surface area contributed by atoms with E-state index in [-0.39, 0.29) is 0 Å². The van der Waals surface area contributed by atoms with Crippen molar-refractivity contribution in [1.29, 1.82) is 0 Å². The number of nitrogens with zero attached hydrogens (tertiary/aromatic N) is 2. The summed E-state index contributed by atoms with van der Waals surface area (Å²) >= 11 is 6.55. The van der Waals surface area contributed by atoms with E-state index in [0.717, 1.165) is 16.3 Å². The molecule has 0 aliphatic carbocycles. The molecular weight excluding hydrogens is 192 g/mol. The Kier molecular flexibility index (Phi) is 1.86. The fourth-order valence-corrected chi connectivity index (χ4v) is 1.51. The molecule has 12 heavy (non-hydrogen) atoms. The van der Waals surface area contributed by atoms with Gasteiger partial charge in [0.25, 0.3) is 0 Å². The van der Waals surface area contributed by atoms with E-state index in [2.05, 4.69) is 19.9 Å². The van der Waals surface area contributed by atoms with Gasteiger partial charge in [0, 0.05) is 0 Å². The number of nitrogens with one attached hydrogen (secondary N) is 2. The predicted octanol–water partition coefficient (Wildman–Crippen LogP) is 1.74. The lowest BCUT2D eigenvalue weighted by molar-refractivity contribution is 1.08. The van der Waals surface area contributed by atoms with Crippen molar-refractivity contribution in [2.75, 3.05) is 6.26 Å². The van der Waals surface area contributed by atoms with Gasteiger partial charge < -0.3 is 9.97 Å². The Bertz CT molecular complexity index is 458. The zero-order chi connectivity index (χ0) is 8.55. The number of H-pyrrole nitrogens is 2. The summed E-state index contributed by atoms with van der Waals surface area (Å²) in [4.78, 5) is 14.2. The van der Waals surface area contributed by atoms with E-state index >= 15 is 0 Å². The molecule has 0 bridgehead atoms. The van der Waals surface area contributed by atoms with E-state index in [1.165, 1.54) is 0 Å². The van der Waals surface area contributed by atoms with Crippen molar-refractivity contribution >= 4 is 35.1 Å². The molecular formula is C6H6N4S2. The number of hydrogen-bond acceptors (Lipinski definition) is 4. The molecule has 2 rings (SSSR count). The molecule has 0 radical (unpaired) electrons. The molecule has 0 saturated carbocycles. The third-order valence-corrected chi connectivity index (χ3v) is 2.36. The topological polar surface area (TPSA) is 57.4 Å². The molecule has 2 aromatic rings. The lowest BCUT2D eigenvalue weighted by Crippen LogP contribution is -1.80. The lowest BCUT2D eigenvalue weighted by Gasteiger charge is -1.84. The molecule has 0 unspecified atom stereocenters. The summed E-state index contributed by atoms with van der Waals surface area (Å²) in [5.41, 5.74) is 1.57. The van der Waals surface area contributed by atoms with E-state index in [0.29, 0.717) is 4.64 Å². The van der Waals surface area contributed by atoms with Crippen molar-refractivity contribution in [1.82, 2.24) is 19.9 Å². The van der Waals surface area contributed by atoms with Crippen molar-refractivity contribution in [2.24, 2.45) is 0 Å². The minimum atomic E-state index is 0.552. The number of rotatable bonds is 1. The van der Waals surface area contributed by atoms with Gasteiger partial charge in [0.1, 0.15) is 5.52 Å². The van der Waals surface area contributed by atoms with E-state index in [4.69, 9.17) is 12.2 Å². The molecule has 2 N–H and O–H groups in total. The Labute approximate surface area is 77.8 Å². The van der Waals surface area contributed by atoms with Gasteiger partial charge in [-0.15, -0.1) is 0 Å². The molecule has 2 heterocycles. The van der Waals surface area contributed by atoms with Crippen LogP contribution in [0.15, 0.2) is 11.5 Å². The number of hydrogen-bond donors (Lipinski definition) is 2. The second-order valence-corrected chi connectivity index (χ2v) is 3.36. The van der Waals surface area contributed by atoms with Crippen LogP contribution in [0.25, 0.3) is 11.2 Å². The van der Waals surface area contributed by atoms with Crippen LogP contribution in [0, 0.1) is 4.64 Å². The quantitative estimate of drug-likeness (QED) is 0.541. The van der Waals surface area contributed by atoms with Gasteiger partial charge in [-0.1, -0.05) is 24.0 Å². The zero-order valence-electron chi connectivity index (χ0n) is 6.29. The molecule has 0 aliphatic heterocycles. The number of fused-ring (bicyclic) bond motifs is 1. The molecule has 0 aliphatic rings. The average molecular weight is 198 g/mol. The maximum absolute atomic E-state index is 5.00. The van der Waals surface area contributed by atoms with Crippen LogP contribution in [0.2, 0.25) is 0 Å². The van der Waals surface area contributed by atoms with Crippen molar-refractivity contribution < 1.29 is 0 Å². The highest BCUT2D eigenvalue weighted by atomic mass is 32.2. The summed E-state index contributed by atoms with van der Waals surface area (Å²) in [6, 6.07) is 0. The van der Waals surface area contributed by atoms with Crippen LogP contribution in [0.4, 0.5) is 0 Å². The number of aromatic amines is 2. The molecule has 0 amide bonds. The van der Waals surface area contributed by atoms with Crippen LogP contribution in [-0.2, 0) is 0 Å². The van der Waals surface area contributed by atoms with E-state index in [1.54, 1.807) is 18.1 Å². The van der Waals surface area contributed by atoms with Crippen LogP contribution in [0.5, 0.6) is 0 Å². The van der Waals surface area contributed by atoms with E-state index < -0.39 is 0 Å². The molecule has 62 valence electrons. The van der Waals surface area contributed by atoms with Gasteiger partial charge in [-0.05, 0) is 6.26 Å². The van der Waals surface area contributed by atoms with E-state index in [1.807, 2.05) is 6.26 Å². The van der Waals surface area contributed by atoms with Crippen LogP contribution >= 0.6 is 24.0 Å². The van der Waals surface area contributed by atoms with Crippen molar-refractivity contribution in [2.45, 2.75) is 5.16 Å². The zero-order valence-corrected chi connectivity index (χ0v) is 7.92. The molecule has 0 fully saturated rings. The van der Waals surface area contributed by atoms with Gasteiger partial charge in [-0.25, -0.2) is 9.97 Å². The van der Waals surface area contributed by atoms with Gasteiger partial charge in [-0.2, -0.15) is 0 Å².